The van der Waals surface area contributed by atoms with Crippen LogP contribution in [-0.2, 0) is 0 Å². The highest BCUT2D eigenvalue weighted by Gasteiger charge is 2.00. The van der Waals surface area contributed by atoms with Gasteiger partial charge in [-0.25, -0.2) is 0 Å². The smallest absolute Gasteiger partial charge is 0.119 e. The van der Waals surface area contributed by atoms with Crippen LogP contribution in [0.4, 0.5) is 0 Å². The van der Waals surface area contributed by atoms with E-state index in [9.17, 15) is 0 Å². The minimum atomic E-state index is 0.0692. The van der Waals surface area contributed by atoms with E-state index < -0.39 is 0 Å². The lowest BCUT2D eigenvalue weighted by molar-refractivity contribution is 0.318. The molecular formula is C12H19NOS. The summed E-state index contributed by atoms with van der Waals surface area (Å²) in [5.74, 6) is 2.07. The van der Waals surface area contributed by atoms with Gasteiger partial charge in [0, 0.05) is 6.04 Å². The molecule has 1 aromatic carbocycles. The van der Waals surface area contributed by atoms with Crippen molar-refractivity contribution in [2.75, 3.05) is 18.6 Å². The second-order valence-corrected chi connectivity index (χ2v) is 4.54. The minimum absolute atomic E-state index is 0.0692. The molecule has 0 aliphatic rings. The fraction of sp³-hybridized carbons (Fsp3) is 0.500. The zero-order chi connectivity index (χ0) is 11.1. The standard InChI is InChI=1S/C12H19NOS/c1-10(13)11-5-3-6-12(9-11)14-7-4-8-15-2/h3,5-6,9-10H,4,7-8,13H2,1-2H3. The fourth-order valence-corrected chi connectivity index (χ4v) is 1.69. The Hall–Kier alpha value is -0.670. The zero-order valence-corrected chi connectivity index (χ0v) is 10.2. The molecule has 2 N–H and O–H groups in total. The molecule has 0 saturated heterocycles. The molecule has 1 rings (SSSR count). The normalized spacial score (nSPS) is 12.5. The van der Waals surface area contributed by atoms with E-state index in [0.717, 1.165) is 30.1 Å². The molecule has 0 spiro atoms. The predicted molar refractivity (Wildman–Crippen MR) is 67.5 cm³/mol. The van der Waals surface area contributed by atoms with Crippen molar-refractivity contribution < 1.29 is 4.74 Å². The van der Waals surface area contributed by atoms with Gasteiger partial charge in [-0.1, -0.05) is 12.1 Å². The third-order valence-corrected chi connectivity index (χ3v) is 2.84. The van der Waals surface area contributed by atoms with Crippen molar-refractivity contribution in [2.45, 2.75) is 19.4 Å². The number of benzene rings is 1. The molecule has 0 heterocycles. The first-order valence-electron chi connectivity index (χ1n) is 5.21. The molecular weight excluding hydrogens is 206 g/mol. The van der Waals surface area contributed by atoms with Crippen molar-refractivity contribution in [1.29, 1.82) is 0 Å². The second kappa shape index (κ2) is 6.75. The maximum atomic E-state index is 5.80. The molecule has 1 unspecified atom stereocenters. The Morgan fingerprint density at radius 2 is 2.27 bits per heavy atom. The lowest BCUT2D eigenvalue weighted by Gasteiger charge is -2.09. The second-order valence-electron chi connectivity index (χ2n) is 3.56. The lowest BCUT2D eigenvalue weighted by Crippen LogP contribution is -2.05. The first-order valence-corrected chi connectivity index (χ1v) is 6.60. The summed E-state index contributed by atoms with van der Waals surface area (Å²) >= 11 is 1.84. The molecule has 15 heavy (non-hydrogen) atoms. The van der Waals surface area contributed by atoms with Crippen LogP contribution in [0.25, 0.3) is 0 Å². The predicted octanol–water partition coefficient (Wildman–Crippen LogP) is 2.84. The van der Waals surface area contributed by atoms with Crippen LogP contribution in [-0.4, -0.2) is 18.6 Å². The highest BCUT2D eigenvalue weighted by molar-refractivity contribution is 7.98. The molecule has 1 aromatic rings. The molecule has 3 heteroatoms. The molecule has 84 valence electrons. The number of nitrogens with two attached hydrogens (primary N) is 1. The van der Waals surface area contributed by atoms with E-state index in [1.54, 1.807) is 0 Å². The third kappa shape index (κ3) is 4.58. The molecule has 0 bridgehead atoms. The van der Waals surface area contributed by atoms with Crippen LogP contribution in [0.1, 0.15) is 24.9 Å². The van der Waals surface area contributed by atoms with E-state index in [4.69, 9.17) is 10.5 Å². The van der Waals surface area contributed by atoms with Crippen LogP contribution in [0.5, 0.6) is 5.75 Å². The summed E-state index contributed by atoms with van der Waals surface area (Å²) in [4.78, 5) is 0. The SMILES string of the molecule is CSCCCOc1cccc(C(C)N)c1. The van der Waals surface area contributed by atoms with Crippen LogP contribution < -0.4 is 10.5 Å². The average molecular weight is 225 g/mol. The highest BCUT2D eigenvalue weighted by atomic mass is 32.2. The van der Waals surface area contributed by atoms with Gasteiger partial charge in [0.1, 0.15) is 5.75 Å². The van der Waals surface area contributed by atoms with Gasteiger partial charge in [-0.05, 0) is 43.0 Å². The van der Waals surface area contributed by atoms with Gasteiger partial charge in [-0.2, -0.15) is 11.8 Å². The van der Waals surface area contributed by atoms with E-state index in [1.807, 2.05) is 43.0 Å². The minimum Gasteiger partial charge on any atom is -0.494 e. The maximum Gasteiger partial charge on any atom is 0.119 e. The summed E-state index contributed by atoms with van der Waals surface area (Å²) in [6, 6.07) is 8.08. The number of hydrogen-bond donors (Lipinski definition) is 1. The molecule has 0 aliphatic carbocycles. The van der Waals surface area contributed by atoms with E-state index in [0.29, 0.717) is 0 Å². The van der Waals surface area contributed by atoms with E-state index in [-0.39, 0.29) is 6.04 Å². The number of ether oxygens (including phenoxy) is 1. The van der Waals surface area contributed by atoms with Crippen LogP contribution in [0, 0.1) is 0 Å². The fourth-order valence-electron chi connectivity index (χ4n) is 1.28. The molecule has 0 fully saturated rings. The van der Waals surface area contributed by atoms with Crippen molar-refractivity contribution in [3.05, 3.63) is 29.8 Å². The summed E-state index contributed by atoms with van der Waals surface area (Å²) < 4.78 is 5.63. The largest absolute Gasteiger partial charge is 0.494 e. The van der Waals surface area contributed by atoms with Gasteiger partial charge < -0.3 is 10.5 Å². The highest BCUT2D eigenvalue weighted by Crippen LogP contribution is 2.17. The van der Waals surface area contributed by atoms with Crippen molar-refractivity contribution in [2.24, 2.45) is 5.73 Å². The summed E-state index contributed by atoms with van der Waals surface area (Å²) in [7, 11) is 0. The molecule has 2 nitrogen and oxygen atoms in total. The van der Waals surface area contributed by atoms with E-state index in [2.05, 4.69) is 6.26 Å². The molecule has 0 saturated carbocycles. The van der Waals surface area contributed by atoms with Crippen LogP contribution in [0.15, 0.2) is 24.3 Å². The third-order valence-electron chi connectivity index (χ3n) is 2.15. The van der Waals surface area contributed by atoms with Gasteiger partial charge in [0.15, 0.2) is 0 Å². The van der Waals surface area contributed by atoms with Crippen LogP contribution >= 0.6 is 11.8 Å². The molecule has 0 amide bonds. The molecule has 0 radical (unpaired) electrons. The number of hydrogen-bond acceptors (Lipinski definition) is 3. The molecule has 0 aromatic heterocycles. The Kier molecular flexibility index (Phi) is 5.58. The van der Waals surface area contributed by atoms with Gasteiger partial charge in [0.05, 0.1) is 6.61 Å². The summed E-state index contributed by atoms with van der Waals surface area (Å²) in [6.07, 6.45) is 3.19. The van der Waals surface area contributed by atoms with Crippen molar-refractivity contribution >= 4 is 11.8 Å². The van der Waals surface area contributed by atoms with E-state index in [1.165, 1.54) is 0 Å². The van der Waals surface area contributed by atoms with Gasteiger partial charge >= 0.3 is 0 Å². The van der Waals surface area contributed by atoms with Gasteiger partial charge in [0.25, 0.3) is 0 Å². The van der Waals surface area contributed by atoms with Crippen LogP contribution in [0.2, 0.25) is 0 Å². The number of thioether (sulfide) groups is 1. The Morgan fingerprint density at radius 3 is 2.93 bits per heavy atom. The number of rotatable bonds is 6. The van der Waals surface area contributed by atoms with E-state index >= 15 is 0 Å². The van der Waals surface area contributed by atoms with Crippen molar-refractivity contribution in [3.63, 3.8) is 0 Å². The maximum absolute atomic E-state index is 5.80. The van der Waals surface area contributed by atoms with Gasteiger partial charge in [-0.15, -0.1) is 0 Å². The van der Waals surface area contributed by atoms with Gasteiger partial charge in [-0.3, -0.25) is 0 Å². The Balaban J connectivity index is 2.43. The first kappa shape index (κ1) is 12.4. The summed E-state index contributed by atoms with van der Waals surface area (Å²) in [6.45, 7) is 2.76. The zero-order valence-electron chi connectivity index (χ0n) is 9.40. The van der Waals surface area contributed by atoms with Gasteiger partial charge in [0.2, 0.25) is 0 Å². The van der Waals surface area contributed by atoms with Crippen molar-refractivity contribution in [3.8, 4) is 5.75 Å². The Morgan fingerprint density at radius 1 is 1.47 bits per heavy atom. The monoisotopic (exact) mass is 225 g/mol. The molecule has 1 atom stereocenters. The molecule has 0 aliphatic heterocycles. The quantitative estimate of drug-likeness (QED) is 0.756. The van der Waals surface area contributed by atoms with Crippen molar-refractivity contribution in [1.82, 2.24) is 0 Å². The summed E-state index contributed by atoms with van der Waals surface area (Å²) in [5.41, 5.74) is 6.92. The van der Waals surface area contributed by atoms with Crippen LogP contribution in [0.3, 0.4) is 0 Å². The lowest BCUT2D eigenvalue weighted by atomic mass is 10.1. The first-order chi connectivity index (χ1) is 7.24. The summed E-state index contributed by atoms with van der Waals surface area (Å²) in [5, 5.41) is 0. The topological polar surface area (TPSA) is 35.2 Å². The Labute approximate surface area is 96.2 Å². The Bertz CT molecular complexity index is 289. The average Bonchev–Trinajstić information content (AvgIpc) is 2.25.